The normalized spacial score (nSPS) is 24.5. The number of carboxylic acid groups (broad SMARTS) is 1. The number of hydrogen-bond acceptors (Lipinski definition) is 4. The third kappa shape index (κ3) is 3.48. The summed E-state index contributed by atoms with van der Waals surface area (Å²) >= 11 is 0. The smallest absolute Gasteiger partial charge is 0.312 e. The van der Waals surface area contributed by atoms with Crippen molar-refractivity contribution in [2.24, 2.45) is 5.41 Å². The molecule has 1 heterocycles. The van der Waals surface area contributed by atoms with E-state index < -0.39 is 17.5 Å². The van der Waals surface area contributed by atoms with Crippen LogP contribution >= 0.6 is 0 Å². The van der Waals surface area contributed by atoms with Gasteiger partial charge in [0.15, 0.2) is 0 Å². The molecule has 0 aromatic heterocycles. The summed E-state index contributed by atoms with van der Waals surface area (Å²) in [5.74, 6) is -0.632. The highest BCUT2D eigenvalue weighted by atomic mass is 16.4. The molecule has 1 aliphatic heterocycles. The van der Waals surface area contributed by atoms with Gasteiger partial charge in [0.1, 0.15) is 5.75 Å². The van der Waals surface area contributed by atoms with Gasteiger partial charge in [0, 0.05) is 13.1 Å². The second-order valence-electron chi connectivity index (χ2n) is 7.08. The largest absolute Gasteiger partial charge is 0.508 e. The fourth-order valence-electron chi connectivity index (χ4n) is 3.91. The van der Waals surface area contributed by atoms with Crippen molar-refractivity contribution in [2.75, 3.05) is 13.1 Å². The minimum absolute atomic E-state index is 0.250. The number of aliphatic hydroxyl groups is 1. The van der Waals surface area contributed by atoms with Crippen LogP contribution in [0.15, 0.2) is 36.4 Å². The van der Waals surface area contributed by atoms with Gasteiger partial charge >= 0.3 is 5.97 Å². The van der Waals surface area contributed by atoms with Crippen LogP contribution in [0.1, 0.15) is 31.7 Å². The number of β-amino-alcohol motifs (C(OH)–C–C–N with tert-alkyl or cyclic N) is 1. The highest BCUT2D eigenvalue weighted by molar-refractivity contribution is 5.84. The molecule has 25 heavy (non-hydrogen) atoms. The van der Waals surface area contributed by atoms with E-state index in [1.54, 1.807) is 12.1 Å². The molecule has 134 valence electrons. The number of aliphatic hydroxyl groups excluding tert-OH is 1. The first-order valence-corrected chi connectivity index (χ1v) is 8.80. The van der Waals surface area contributed by atoms with E-state index in [0.717, 1.165) is 22.8 Å². The molecular weight excluding hydrogens is 318 g/mol. The van der Waals surface area contributed by atoms with Gasteiger partial charge in [0.2, 0.25) is 0 Å². The van der Waals surface area contributed by atoms with Crippen molar-refractivity contribution < 1.29 is 20.1 Å². The Morgan fingerprint density at radius 2 is 1.96 bits per heavy atom. The third-order valence-corrected chi connectivity index (χ3v) is 5.36. The first-order valence-electron chi connectivity index (χ1n) is 8.80. The van der Waals surface area contributed by atoms with Crippen LogP contribution in [0.3, 0.4) is 0 Å². The summed E-state index contributed by atoms with van der Waals surface area (Å²) in [7, 11) is 0. The van der Waals surface area contributed by atoms with Crippen LogP contribution in [0.5, 0.6) is 5.75 Å². The molecule has 5 heteroatoms. The maximum atomic E-state index is 11.7. The van der Waals surface area contributed by atoms with Crippen LogP contribution in [0.4, 0.5) is 0 Å². The van der Waals surface area contributed by atoms with Crippen molar-refractivity contribution in [1.82, 2.24) is 4.90 Å². The van der Waals surface area contributed by atoms with Crippen LogP contribution in [0.2, 0.25) is 0 Å². The molecule has 3 rings (SSSR count). The van der Waals surface area contributed by atoms with Crippen molar-refractivity contribution in [1.29, 1.82) is 0 Å². The molecule has 3 N–H and O–H groups in total. The van der Waals surface area contributed by atoms with Gasteiger partial charge in [0.25, 0.3) is 0 Å². The fourth-order valence-corrected chi connectivity index (χ4v) is 3.91. The number of carbonyl (C=O) groups is 1. The van der Waals surface area contributed by atoms with Gasteiger partial charge in [-0.15, -0.1) is 0 Å². The van der Waals surface area contributed by atoms with Gasteiger partial charge in [-0.1, -0.05) is 31.5 Å². The highest BCUT2D eigenvalue weighted by Crippen LogP contribution is 2.37. The standard InChI is InChI=1S/C20H25NO4/c1-2-7-20(19(24)25)8-9-21(13-18(20)23)12-14-3-4-16-11-17(22)6-5-15(16)10-14/h3-6,10-11,18,22-23H,2,7-9,12-13H2,1H3,(H,24,25)/t18-,20-/m0/s1. The topological polar surface area (TPSA) is 81.0 Å². The summed E-state index contributed by atoms with van der Waals surface area (Å²) in [5, 5.41) is 31.7. The van der Waals surface area contributed by atoms with Gasteiger partial charge in [-0.2, -0.15) is 0 Å². The number of phenols is 1. The Balaban J connectivity index is 1.73. The molecule has 0 saturated carbocycles. The number of carboxylic acids is 1. The Morgan fingerprint density at radius 1 is 1.24 bits per heavy atom. The SMILES string of the molecule is CCC[C@]1(C(=O)O)CCN(Cc2ccc3cc(O)ccc3c2)C[C@@H]1O. The lowest BCUT2D eigenvalue weighted by atomic mass is 9.73. The molecule has 2 atom stereocenters. The molecule has 2 aromatic rings. The van der Waals surface area contributed by atoms with E-state index in [0.29, 0.717) is 32.5 Å². The molecule has 0 bridgehead atoms. The summed E-state index contributed by atoms with van der Waals surface area (Å²) in [5.41, 5.74) is 0.107. The third-order valence-electron chi connectivity index (χ3n) is 5.36. The molecule has 0 unspecified atom stereocenters. The van der Waals surface area contributed by atoms with Crippen LogP contribution < -0.4 is 0 Å². The van der Waals surface area contributed by atoms with Gasteiger partial charge in [0.05, 0.1) is 11.5 Å². The van der Waals surface area contributed by atoms with E-state index in [9.17, 15) is 20.1 Å². The number of likely N-dealkylation sites (tertiary alicyclic amines) is 1. The molecule has 0 amide bonds. The predicted octanol–water partition coefficient (Wildman–Crippen LogP) is 2.98. The summed E-state index contributed by atoms with van der Waals surface area (Å²) in [4.78, 5) is 13.8. The predicted molar refractivity (Wildman–Crippen MR) is 96.5 cm³/mol. The first kappa shape index (κ1) is 17.7. The van der Waals surface area contributed by atoms with Crippen LogP contribution in [-0.4, -0.2) is 45.4 Å². The first-order chi connectivity index (χ1) is 11.9. The zero-order chi connectivity index (χ0) is 18.0. The van der Waals surface area contributed by atoms with Crippen molar-refractivity contribution in [3.63, 3.8) is 0 Å². The highest BCUT2D eigenvalue weighted by Gasteiger charge is 2.47. The summed E-state index contributed by atoms with van der Waals surface area (Å²) in [6, 6.07) is 11.4. The van der Waals surface area contributed by atoms with Crippen molar-refractivity contribution in [2.45, 2.75) is 38.8 Å². The Kier molecular flexibility index (Phi) is 4.97. The van der Waals surface area contributed by atoms with E-state index >= 15 is 0 Å². The number of rotatable bonds is 5. The number of hydrogen-bond donors (Lipinski definition) is 3. The molecule has 0 radical (unpaired) electrons. The van der Waals surface area contributed by atoms with Crippen molar-refractivity contribution in [3.05, 3.63) is 42.0 Å². The Hall–Kier alpha value is -2.11. The zero-order valence-corrected chi connectivity index (χ0v) is 14.5. The molecule has 0 spiro atoms. The second-order valence-corrected chi connectivity index (χ2v) is 7.08. The number of aromatic hydroxyl groups is 1. The summed E-state index contributed by atoms with van der Waals surface area (Å²) in [6.45, 7) is 3.67. The monoisotopic (exact) mass is 343 g/mol. The molecular formula is C20H25NO4. The maximum Gasteiger partial charge on any atom is 0.312 e. The second kappa shape index (κ2) is 7.02. The zero-order valence-electron chi connectivity index (χ0n) is 14.5. The van der Waals surface area contributed by atoms with Gasteiger partial charge < -0.3 is 15.3 Å². The minimum atomic E-state index is -1.01. The summed E-state index contributed by atoms with van der Waals surface area (Å²) < 4.78 is 0. The molecule has 0 aliphatic carbocycles. The molecule has 1 aliphatic rings. The van der Waals surface area contributed by atoms with Crippen molar-refractivity contribution >= 4 is 16.7 Å². The number of phenolic OH excluding ortho intramolecular Hbond substituents is 1. The lowest BCUT2D eigenvalue weighted by molar-refractivity contribution is -0.164. The van der Waals surface area contributed by atoms with E-state index in [4.69, 9.17) is 0 Å². The number of piperidine rings is 1. The van der Waals surface area contributed by atoms with Gasteiger partial charge in [-0.3, -0.25) is 9.69 Å². The van der Waals surface area contributed by atoms with E-state index in [1.165, 1.54) is 0 Å². The van der Waals surface area contributed by atoms with Crippen LogP contribution in [0.25, 0.3) is 10.8 Å². The molecule has 1 fully saturated rings. The maximum absolute atomic E-state index is 11.7. The van der Waals surface area contributed by atoms with Crippen LogP contribution in [-0.2, 0) is 11.3 Å². The Labute approximate surface area is 147 Å². The Morgan fingerprint density at radius 3 is 2.64 bits per heavy atom. The average Bonchev–Trinajstić information content (AvgIpc) is 2.57. The summed E-state index contributed by atoms with van der Waals surface area (Å²) in [6.07, 6.45) is 0.882. The number of benzene rings is 2. The molecule has 1 saturated heterocycles. The van der Waals surface area contributed by atoms with Crippen LogP contribution in [0, 0.1) is 5.41 Å². The van der Waals surface area contributed by atoms with Gasteiger partial charge in [-0.25, -0.2) is 0 Å². The molecule has 5 nitrogen and oxygen atoms in total. The Bertz CT molecular complexity index is 775. The fraction of sp³-hybridized carbons (Fsp3) is 0.450. The van der Waals surface area contributed by atoms with E-state index in [2.05, 4.69) is 11.0 Å². The number of fused-ring (bicyclic) bond motifs is 1. The number of aliphatic carboxylic acids is 1. The van der Waals surface area contributed by atoms with Gasteiger partial charge in [-0.05, 0) is 53.9 Å². The van der Waals surface area contributed by atoms with Crippen molar-refractivity contribution in [3.8, 4) is 5.75 Å². The number of nitrogens with zero attached hydrogens (tertiary/aromatic N) is 1. The molecule has 2 aromatic carbocycles. The minimum Gasteiger partial charge on any atom is -0.508 e. The lowest BCUT2D eigenvalue weighted by Gasteiger charge is -2.42. The quantitative estimate of drug-likeness (QED) is 0.778. The average molecular weight is 343 g/mol. The van der Waals surface area contributed by atoms with E-state index in [1.807, 2.05) is 25.1 Å². The van der Waals surface area contributed by atoms with E-state index in [-0.39, 0.29) is 5.75 Å². The lowest BCUT2D eigenvalue weighted by Crippen LogP contribution is -2.54.